The fraction of sp³-hybridized carbons (Fsp3) is 0.0476. The zero-order chi connectivity index (χ0) is 20.8. The fourth-order valence-electron chi connectivity index (χ4n) is 2.55. The van der Waals surface area contributed by atoms with E-state index in [-0.39, 0.29) is 16.5 Å². The molecular weight excluding hydrogens is 418 g/mol. The fourth-order valence-corrected chi connectivity index (χ4v) is 3.00. The molecule has 0 fully saturated rings. The van der Waals surface area contributed by atoms with Crippen molar-refractivity contribution in [3.8, 4) is 5.75 Å². The number of anilines is 1. The largest absolute Gasteiger partial charge is 0.502 e. The van der Waals surface area contributed by atoms with Gasteiger partial charge in [-0.1, -0.05) is 29.9 Å². The zero-order valence-corrected chi connectivity index (χ0v) is 16.5. The first-order valence-corrected chi connectivity index (χ1v) is 9.25. The number of aliphatic hydroxyl groups excluding tert-OH is 1. The number of hydrogen-bond acceptors (Lipinski definition) is 3. The molecule has 0 aliphatic rings. The Kier molecular flexibility index (Phi) is 6.74. The molecule has 2 N–H and O–H groups in total. The van der Waals surface area contributed by atoms with E-state index in [0.717, 1.165) is 0 Å². The average molecular weight is 434 g/mol. The highest BCUT2D eigenvalue weighted by Crippen LogP contribution is 2.22. The second kappa shape index (κ2) is 9.45. The Balaban J connectivity index is 1.93. The quantitative estimate of drug-likeness (QED) is 0.231. The summed E-state index contributed by atoms with van der Waals surface area (Å²) in [7, 11) is 0. The summed E-state index contributed by atoms with van der Waals surface area (Å²) < 4.78 is 30.6. The molecule has 0 spiro atoms. The molecule has 3 aromatic rings. The molecule has 2 aromatic carbocycles. The molecule has 0 aliphatic heterocycles. The smallest absolute Gasteiger partial charge is 0.387 e. The van der Waals surface area contributed by atoms with Crippen LogP contribution in [0.3, 0.4) is 0 Å². The van der Waals surface area contributed by atoms with Crippen LogP contribution in [0.25, 0.3) is 11.5 Å². The third-order valence-corrected chi connectivity index (χ3v) is 4.42. The van der Waals surface area contributed by atoms with E-state index in [1.165, 1.54) is 12.1 Å². The van der Waals surface area contributed by atoms with Crippen LogP contribution in [-0.2, 0) is 0 Å². The highest BCUT2D eigenvalue weighted by Gasteiger charge is 2.23. The predicted octanol–water partition coefficient (Wildman–Crippen LogP) is 5.55. The summed E-state index contributed by atoms with van der Waals surface area (Å²) in [6.07, 6.45) is 3.49. The second-order valence-electron chi connectivity index (χ2n) is 5.84. The van der Waals surface area contributed by atoms with Crippen molar-refractivity contribution in [2.45, 2.75) is 6.61 Å². The van der Waals surface area contributed by atoms with Crippen LogP contribution in [0.1, 0.15) is 5.56 Å². The van der Waals surface area contributed by atoms with Crippen LogP contribution < -0.4 is 14.6 Å². The van der Waals surface area contributed by atoms with E-state index in [1.807, 2.05) is 6.07 Å². The molecule has 0 atom stereocenters. The molecule has 1 aromatic heterocycles. The zero-order valence-electron chi connectivity index (χ0n) is 14.9. The van der Waals surface area contributed by atoms with E-state index in [1.54, 1.807) is 65.5 Å². The highest BCUT2D eigenvalue weighted by atomic mass is 35.5. The van der Waals surface area contributed by atoms with Gasteiger partial charge < -0.3 is 15.2 Å². The van der Waals surface area contributed by atoms with Crippen LogP contribution >= 0.6 is 23.8 Å². The maximum atomic E-state index is 12.3. The van der Waals surface area contributed by atoms with Crippen LogP contribution in [-0.4, -0.2) is 16.7 Å². The topological polar surface area (TPSA) is 45.4 Å². The Bertz CT molecular complexity index is 1010. The summed E-state index contributed by atoms with van der Waals surface area (Å²) >= 11 is 11.4. The van der Waals surface area contributed by atoms with Gasteiger partial charge in [0.05, 0.1) is 0 Å². The lowest BCUT2D eigenvalue weighted by Crippen LogP contribution is -2.38. The third-order valence-electron chi connectivity index (χ3n) is 3.87. The van der Waals surface area contributed by atoms with E-state index < -0.39 is 6.61 Å². The van der Waals surface area contributed by atoms with E-state index in [0.29, 0.717) is 22.0 Å². The van der Waals surface area contributed by atoms with Crippen molar-refractivity contribution in [1.29, 1.82) is 0 Å². The van der Waals surface area contributed by atoms with Crippen molar-refractivity contribution in [2.24, 2.45) is 0 Å². The number of pyridine rings is 1. The van der Waals surface area contributed by atoms with Crippen molar-refractivity contribution in [2.75, 3.05) is 5.32 Å². The summed E-state index contributed by atoms with van der Waals surface area (Å²) in [5.74, 6) is -0.0123. The minimum absolute atomic E-state index is 0.0358. The monoisotopic (exact) mass is 433 g/mol. The Morgan fingerprint density at radius 1 is 1.00 bits per heavy atom. The van der Waals surface area contributed by atoms with Gasteiger partial charge in [-0.3, -0.25) is 0 Å². The molecule has 0 saturated heterocycles. The summed E-state index contributed by atoms with van der Waals surface area (Å²) in [5.41, 5.74) is 1.43. The SMILES string of the molecule is OC(=C(C(=S)Nc1ccc(OC(F)F)cc1)[n+]1ccccc1)c1ccc(Cl)cc1. The number of hydrogen-bond donors (Lipinski definition) is 2. The second-order valence-corrected chi connectivity index (χ2v) is 6.69. The normalized spacial score (nSPS) is 11.7. The number of halogens is 3. The van der Waals surface area contributed by atoms with Gasteiger partial charge in [0.25, 0.3) is 5.70 Å². The summed E-state index contributed by atoms with van der Waals surface area (Å²) in [6, 6.07) is 18.0. The molecule has 8 heteroatoms. The molecule has 0 radical (unpaired) electrons. The number of ether oxygens (including phenoxy) is 1. The number of aromatic nitrogens is 1. The molecule has 0 amide bonds. The van der Waals surface area contributed by atoms with Gasteiger partial charge in [-0.05, 0) is 48.5 Å². The Hall–Kier alpha value is -3.03. The summed E-state index contributed by atoms with van der Waals surface area (Å²) in [5, 5.41) is 14.5. The molecule has 0 aliphatic carbocycles. The number of rotatable bonds is 6. The van der Waals surface area contributed by atoms with Gasteiger partial charge in [-0.15, -0.1) is 0 Å². The number of nitrogens with one attached hydrogen (secondary N) is 1. The maximum Gasteiger partial charge on any atom is 0.387 e. The van der Waals surface area contributed by atoms with Gasteiger partial charge >= 0.3 is 6.61 Å². The molecule has 1 heterocycles. The predicted molar refractivity (Wildman–Crippen MR) is 113 cm³/mol. The average Bonchev–Trinajstić information content (AvgIpc) is 2.70. The van der Waals surface area contributed by atoms with Crippen LogP contribution in [0.4, 0.5) is 14.5 Å². The van der Waals surface area contributed by atoms with Gasteiger partial charge in [0.15, 0.2) is 23.1 Å². The van der Waals surface area contributed by atoms with E-state index >= 15 is 0 Å². The van der Waals surface area contributed by atoms with E-state index in [2.05, 4.69) is 10.1 Å². The number of benzene rings is 2. The molecule has 148 valence electrons. The number of aliphatic hydroxyl groups is 1. The van der Waals surface area contributed by atoms with Gasteiger partial charge in [0, 0.05) is 28.4 Å². The minimum Gasteiger partial charge on any atom is -0.502 e. The first-order valence-electron chi connectivity index (χ1n) is 8.46. The molecular formula is C21H16ClF2N2O2S+. The Morgan fingerprint density at radius 3 is 2.21 bits per heavy atom. The maximum absolute atomic E-state index is 12.3. The lowest BCUT2D eigenvalue weighted by molar-refractivity contribution is -0.575. The summed E-state index contributed by atoms with van der Waals surface area (Å²) in [4.78, 5) is 0.233. The van der Waals surface area contributed by atoms with Crippen molar-refractivity contribution < 1.29 is 23.2 Å². The minimum atomic E-state index is -2.89. The Morgan fingerprint density at radius 2 is 1.62 bits per heavy atom. The first-order chi connectivity index (χ1) is 13.9. The van der Waals surface area contributed by atoms with Crippen LogP contribution in [0.2, 0.25) is 5.02 Å². The number of nitrogens with zero attached hydrogens (tertiary/aromatic N) is 1. The lowest BCUT2D eigenvalue weighted by Gasteiger charge is -2.11. The van der Waals surface area contributed by atoms with Crippen LogP contribution in [0.5, 0.6) is 5.75 Å². The third kappa shape index (κ3) is 5.49. The van der Waals surface area contributed by atoms with Gasteiger partial charge in [0.2, 0.25) is 0 Å². The van der Waals surface area contributed by atoms with Crippen molar-refractivity contribution in [3.05, 3.63) is 89.7 Å². The molecule has 0 saturated carbocycles. The van der Waals surface area contributed by atoms with Crippen molar-refractivity contribution >= 4 is 46.0 Å². The van der Waals surface area contributed by atoms with Crippen LogP contribution in [0.15, 0.2) is 79.1 Å². The molecule has 3 rings (SSSR count). The molecule has 0 unspecified atom stereocenters. The lowest BCUT2D eigenvalue weighted by atomic mass is 10.1. The molecule has 29 heavy (non-hydrogen) atoms. The van der Waals surface area contributed by atoms with Crippen molar-refractivity contribution in [1.82, 2.24) is 0 Å². The molecule has 4 nitrogen and oxygen atoms in total. The number of thiocarbonyl (C=S) groups is 1. The number of alkyl halides is 2. The van der Waals surface area contributed by atoms with E-state index in [4.69, 9.17) is 23.8 Å². The standard InChI is InChI=1S/C21H15ClF2N2O2S/c22-15-6-4-14(5-7-15)19(27)18(26-12-2-1-3-13-26)20(29)25-16-8-10-17(11-9-16)28-21(23)24/h1-13,21H,(H-,25,27,29)/p+1. The molecule has 0 bridgehead atoms. The van der Waals surface area contributed by atoms with Gasteiger partial charge in [-0.25, -0.2) is 0 Å². The van der Waals surface area contributed by atoms with Gasteiger partial charge in [0.1, 0.15) is 5.75 Å². The Labute approximate surface area is 176 Å². The first kappa shape index (κ1) is 20.7. The summed E-state index contributed by atoms with van der Waals surface area (Å²) in [6.45, 7) is -2.89. The van der Waals surface area contributed by atoms with Gasteiger partial charge in [-0.2, -0.15) is 13.3 Å². The van der Waals surface area contributed by atoms with Crippen molar-refractivity contribution in [3.63, 3.8) is 0 Å². The van der Waals surface area contributed by atoms with E-state index in [9.17, 15) is 13.9 Å². The van der Waals surface area contributed by atoms with Crippen LogP contribution in [0, 0.1) is 0 Å². The highest BCUT2D eigenvalue weighted by molar-refractivity contribution is 7.81.